The number of aromatic nitrogens is 3. The van der Waals surface area contributed by atoms with Crippen LogP contribution in [0, 0.1) is 15.9 Å². The molecule has 9 nitrogen and oxygen atoms in total. The maximum atomic E-state index is 13.5. The van der Waals surface area contributed by atoms with Crippen LogP contribution in [0.15, 0.2) is 16.9 Å². The molecular formula is C12H14FN5O4. The molecule has 0 saturated carbocycles. The van der Waals surface area contributed by atoms with Gasteiger partial charge >= 0.3 is 5.69 Å². The molecule has 0 bridgehead atoms. The Hall–Kier alpha value is -2.91. The van der Waals surface area contributed by atoms with Crippen molar-refractivity contribution in [2.24, 2.45) is 0 Å². The van der Waals surface area contributed by atoms with Crippen molar-refractivity contribution in [3.63, 3.8) is 0 Å². The number of H-pyrrole nitrogens is 2. The summed E-state index contributed by atoms with van der Waals surface area (Å²) in [6.07, 6.45) is 1.05. The van der Waals surface area contributed by atoms with Crippen LogP contribution in [0.4, 0.5) is 15.8 Å². The van der Waals surface area contributed by atoms with Crippen molar-refractivity contribution in [1.29, 1.82) is 0 Å². The van der Waals surface area contributed by atoms with Crippen molar-refractivity contribution >= 4 is 11.4 Å². The highest BCUT2D eigenvalue weighted by Gasteiger charge is 2.18. The van der Waals surface area contributed by atoms with Gasteiger partial charge in [0.25, 0.3) is 5.69 Å². The lowest BCUT2D eigenvalue weighted by Crippen LogP contribution is -2.07. The summed E-state index contributed by atoms with van der Waals surface area (Å²) in [4.78, 5) is 23.6. The van der Waals surface area contributed by atoms with E-state index in [-0.39, 0.29) is 22.8 Å². The van der Waals surface area contributed by atoms with Crippen LogP contribution in [0.1, 0.15) is 12.2 Å². The standard InChI is InChI=1S/C12H14FN5O4/c1-22-10-6-8(9(18(20)21)5-7(10)13)14-4-2-3-11-15-12(19)17-16-11/h5-6,14H,2-4H2,1H3,(H2,15,16,17,19). The second-order valence-corrected chi connectivity index (χ2v) is 4.42. The highest BCUT2D eigenvalue weighted by molar-refractivity contribution is 5.64. The topological polar surface area (TPSA) is 126 Å². The zero-order valence-electron chi connectivity index (χ0n) is 11.7. The number of rotatable bonds is 7. The fraction of sp³-hybridized carbons (Fsp3) is 0.333. The molecule has 0 atom stereocenters. The van der Waals surface area contributed by atoms with Gasteiger partial charge in [0.15, 0.2) is 11.6 Å². The summed E-state index contributed by atoms with van der Waals surface area (Å²) in [5, 5.41) is 19.8. The van der Waals surface area contributed by atoms with Crippen LogP contribution in [-0.2, 0) is 6.42 Å². The first-order chi connectivity index (χ1) is 10.5. The van der Waals surface area contributed by atoms with Gasteiger partial charge in [-0.15, -0.1) is 0 Å². The third kappa shape index (κ3) is 3.59. The van der Waals surface area contributed by atoms with Crippen LogP contribution in [0.3, 0.4) is 0 Å². The molecule has 2 rings (SSSR count). The van der Waals surface area contributed by atoms with Gasteiger partial charge in [-0.1, -0.05) is 0 Å². The summed E-state index contributed by atoms with van der Waals surface area (Å²) in [6, 6.07) is 2.05. The van der Waals surface area contributed by atoms with E-state index in [1.807, 2.05) is 0 Å². The second-order valence-electron chi connectivity index (χ2n) is 4.42. The average molecular weight is 311 g/mol. The van der Waals surface area contributed by atoms with Crippen molar-refractivity contribution in [1.82, 2.24) is 15.2 Å². The number of aromatic amines is 2. The van der Waals surface area contributed by atoms with E-state index in [1.165, 1.54) is 13.2 Å². The van der Waals surface area contributed by atoms with Gasteiger partial charge in [0.2, 0.25) is 0 Å². The van der Waals surface area contributed by atoms with E-state index < -0.39 is 10.7 Å². The van der Waals surface area contributed by atoms with E-state index in [4.69, 9.17) is 4.74 Å². The number of nitro groups is 1. The number of anilines is 1. The minimum absolute atomic E-state index is 0.0790. The third-order valence-electron chi connectivity index (χ3n) is 2.92. The molecular weight excluding hydrogens is 297 g/mol. The summed E-state index contributed by atoms with van der Waals surface area (Å²) in [7, 11) is 1.28. The Morgan fingerprint density at radius 1 is 1.50 bits per heavy atom. The molecule has 0 radical (unpaired) electrons. The van der Waals surface area contributed by atoms with Crippen LogP contribution in [0.2, 0.25) is 0 Å². The SMILES string of the molecule is COc1cc(NCCCc2n[nH]c(=O)[nH]2)c([N+](=O)[O-])cc1F. The fourth-order valence-electron chi connectivity index (χ4n) is 1.89. The Balaban J connectivity index is 2.01. The molecule has 0 aliphatic carbocycles. The Kier molecular flexibility index (Phi) is 4.71. The molecule has 0 aliphatic heterocycles. The van der Waals surface area contributed by atoms with Gasteiger partial charge in [-0.3, -0.25) is 15.1 Å². The molecule has 10 heteroatoms. The quantitative estimate of drug-likeness (QED) is 0.400. The van der Waals surface area contributed by atoms with E-state index in [0.717, 1.165) is 6.07 Å². The molecule has 1 aromatic heterocycles. The maximum Gasteiger partial charge on any atom is 0.340 e. The Morgan fingerprint density at radius 3 is 2.86 bits per heavy atom. The first kappa shape index (κ1) is 15.5. The lowest BCUT2D eigenvalue weighted by atomic mass is 10.2. The molecule has 1 heterocycles. The number of hydrogen-bond acceptors (Lipinski definition) is 6. The van der Waals surface area contributed by atoms with Gasteiger partial charge in [-0.05, 0) is 6.42 Å². The zero-order valence-corrected chi connectivity index (χ0v) is 11.7. The number of nitro benzene ring substituents is 1. The van der Waals surface area contributed by atoms with E-state index in [2.05, 4.69) is 20.5 Å². The molecule has 118 valence electrons. The van der Waals surface area contributed by atoms with Crippen molar-refractivity contribution in [2.45, 2.75) is 12.8 Å². The number of methoxy groups -OCH3 is 1. The van der Waals surface area contributed by atoms with Crippen LogP contribution < -0.4 is 15.7 Å². The van der Waals surface area contributed by atoms with Crippen LogP contribution in [-0.4, -0.2) is 33.8 Å². The molecule has 1 aromatic carbocycles. The Morgan fingerprint density at radius 2 is 2.27 bits per heavy atom. The van der Waals surface area contributed by atoms with Crippen LogP contribution in [0.25, 0.3) is 0 Å². The van der Waals surface area contributed by atoms with Gasteiger partial charge in [0.1, 0.15) is 11.5 Å². The largest absolute Gasteiger partial charge is 0.494 e. The van der Waals surface area contributed by atoms with E-state index in [1.54, 1.807) is 0 Å². The lowest BCUT2D eigenvalue weighted by Gasteiger charge is -2.09. The molecule has 0 fully saturated rings. The number of nitrogens with zero attached hydrogens (tertiary/aromatic N) is 2. The third-order valence-corrected chi connectivity index (χ3v) is 2.92. The summed E-state index contributed by atoms with van der Waals surface area (Å²) in [5.74, 6) is -0.378. The minimum atomic E-state index is -0.797. The second kappa shape index (κ2) is 6.70. The minimum Gasteiger partial charge on any atom is -0.494 e. The lowest BCUT2D eigenvalue weighted by molar-refractivity contribution is -0.384. The highest BCUT2D eigenvalue weighted by atomic mass is 19.1. The number of halogens is 1. The van der Waals surface area contributed by atoms with E-state index >= 15 is 0 Å². The summed E-state index contributed by atoms with van der Waals surface area (Å²) in [5.41, 5.74) is -0.591. The summed E-state index contributed by atoms with van der Waals surface area (Å²) < 4.78 is 18.3. The number of ether oxygens (including phenoxy) is 1. The molecule has 22 heavy (non-hydrogen) atoms. The van der Waals surface area contributed by atoms with E-state index in [0.29, 0.717) is 25.2 Å². The van der Waals surface area contributed by atoms with Crippen molar-refractivity contribution < 1.29 is 14.1 Å². The van der Waals surface area contributed by atoms with Crippen LogP contribution >= 0.6 is 0 Å². The van der Waals surface area contributed by atoms with Crippen molar-refractivity contribution in [2.75, 3.05) is 19.0 Å². The van der Waals surface area contributed by atoms with Gasteiger partial charge < -0.3 is 10.1 Å². The smallest absolute Gasteiger partial charge is 0.340 e. The Labute approximate surface area is 123 Å². The normalized spacial score (nSPS) is 10.5. The first-order valence-electron chi connectivity index (χ1n) is 6.40. The first-order valence-corrected chi connectivity index (χ1v) is 6.40. The number of aryl methyl sites for hydroxylation is 1. The predicted molar refractivity (Wildman–Crippen MR) is 75.6 cm³/mol. The molecule has 3 N–H and O–H groups in total. The van der Waals surface area contributed by atoms with Crippen LogP contribution in [0.5, 0.6) is 5.75 Å². The zero-order chi connectivity index (χ0) is 16.1. The maximum absolute atomic E-state index is 13.5. The Bertz CT molecular complexity index is 727. The number of nitrogens with one attached hydrogen (secondary N) is 3. The highest BCUT2D eigenvalue weighted by Crippen LogP contribution is 2.31. The van der Waals surface area contributed by atoms with Crippen molar-refractivity contribution in [3.8, 4) is 5.75 Å². The molecule has 0 saturated heterocycles. The van der Waals surface area contributed by atoms with Crippen molar-refractivity contribution in [3.05, 3.63) is 44.4 Å². The number of hydrogen-bond donors (Lipinski definition) is 3. The molecule has 0 unspecified atom stereocenters. The average Bonchev–Trinajstić information content (AvgIpc) is 2.89. The molecule has 0 aliphatic rings. The summed E-state index contributed by atoms with van der Waals surface area (Å²) >= 11 is 0. The molecule has 0 spiro atoms. The van der Waals surface area contributed by atoms with E-state index in [9.17, 15) is 19.3 Å². The molecule has 0 amide bonds. The molecule has 2 aromatic rings. The van der Waals surface area contributed by atoms with Gasteiger partial charge in [-0.25, -0.2) is 14.3 Å². The fourth-order valence-corrected chi connectivity index (χ4v) is 1.89. The van der Waals surface area contributed by atoms with Gasteiger partial charge in [0.05, 0.1) is 18.1 Å². The predicted octanol–water partition coefficient (Wildman–Crippen LogP) is 1.20. The monoisotopic (exact) mass is 311 g/mol. The van der Waals surface area contributed by atoms with Gasteiger partial charge in [-0.2, -0.15) is 5.10 Å². The summed E-state index contributed by atoms with van der Waals surface area (Å²) in [6.45, 7) is 0.379. The van der Waals surface area contributed by atoms with Gasteiger partial charge in [0, 0.05) is 19.0 Å². The number of benzene rings is 1.